The maximum Gasteiger partial charge on any atom is 0.295 e. The highest BCUT2D eigenvalue weighted by Gasteiger charge is 2.16. The Morgan fingerprint density at radius 1 is 0.725 bits per heavy atom. The van der Waals surface area contributed by atoms with Crippen LogP contribution >= 0.6 is 12.0 Å². The van der Waals surface area contributed by atoms with Crippen molar-refractivity contribution in [3.63, 3.8) is 0 Å². The Balaban J connectivity index is 1.22. The minimum atomic E-state index is -4.65. The second-order valence-corrected chi connectivity index (χ2v) is 13.1. The standard InChI is InChI=1S/C35H30N8O6S2/c1-23-38-33(19-25-10-6-3-7-11-25)43-35(39-23)41-28-16-14-26(30(20-28)50-49-48-44)12-13-27-15-17-29(21-31(27)51(45,46)47)40-34-37-22-36-32(42-34)18-24-8-4-2-5-9-24/h2-17,20-22,44H,18-19H2,1H3,(H,45,46,47)(H,36,37,40,42)(H,38,39,41,43)/b13-12+. The number of hydrogen-bond acceptors (Lipinski definition) is 14. The summed E-state index contributed by atoms with van der Waals surface area (Å²) >= 11 is 0.717. The van der Waals surface area contributed by atoms with Crippen LogP contribution in [-0.2, 0) is 32.3 Å². The normalized spacial score (nSPS) is 11.5. The summed E-state index contributed by atoms with van der Waals surface area (Å²) in [5, 5.41) is 18.8. The lowest BCUT2D eigenvalue weighted by atomic mass is 10.1. The van der Waals surface area contributed by atoms with Gasteiger partial charge in [0.25, 0.3) is 10.1 Å². The van der Waals surface area contributed by atoms with Gasteiger partial charge in [-0.15, -0.1) is 4.33 Å². The molecule has 0 aliphatic rings. The van der Waals surface area contributed by atoms with Gasteiger partial charge in [0.1, 0.15) is 28.7 Å². The van der Waals surface area contributed by atoms with Gasteiger partial charge < -0.3 is 10.6 Å². The van der Waals surface area contributed by atoms with Crippen LogP contribution in [0.3, 0.4) is 0 Å². The van der Waals surface area contributed by atoms with E-state index >= 15 is 0 Å². The molecule has 4 N–H and O–H groups in total. The van der Waals surface area contributed by atoms with E-state index in [1.165, 1.54) is 24.5 Å². The van der Waals surface area contributed by atoms with Gasteiger partial charge in [-0.1, -0.05) is 90.0 Å². The number of nitrogens with one attached hydrogen (secondary N) is 2. The van der Waals surface area contributed by atoms with E-state index in [2.05, 4.69) is 45.6 Å². The van der Waals surface area contributed by atoms with Crippen molar-refractivity contribution in [1.29, 1.82) is 0 Å². The summed E-state index contributed by atoms with van der Waals surface area (Å²) < 4.78 is 39.8. The molecular weight excluding hydrogens is 693 g/mol. The molecule has 2 aromatic heterocycles. The maximum absolute atomic E-state index is 12.5. The Hall–Kier alpha value is -5.62. The lowest BCUT2D eigenvalue weighted by Crippen LogP contribution is -2.06. The molecule has 0 saturated carbocycles. The van der Waals surface area contributed by atoms with Crippen LogP contribution in [0, 0.1) is 6.92 Å². The summed E-state index contributed by atoms with van der Waals surface area (Å²) in [4.78, 5) is 26.3. The molecule has 2 heterocycles. The van der Waals surface area contributed by atoms with Crippen LogP contribution in [0.25, 0.3) is 12.2 Å². The first-order valence-electron chi connectivity index (χ1n) is 15.3. The zero-order valence-corrected chi connectivity index (χ0v) is 28.5. The molecule has 0 aliphatic carbocycles. The van der Waals surface area contributed by atoms with Crippen LogP contribution in [0.2, 0.25) is 0 Å². The fourth-order valence-electron chi connectivity index (χ4n) is 4.99. The predicted molar refractivity (Wildman–Crippen MR) is 192 cm³/mol. The van der Waals surface area contributed by atoms with Crippen LogP contribution in [0.15, 0.2) is 113 Å². The van der Waals surface area contributed by atoms with Gasteiger partial charge in [-0.25, -0.2) is 20.2 Å². The molecule has 0 aliphatic heterocycles. The zero-order chi connectivity index (χ0) is 35.6. The number of aromatic nitrogens is 6. The quantitative estimate of drug-likeness (QED) is 0.0298. The molecule has 0 unspecified atom stereocenters. The molecule has 0 atom stereocenters. The summed E-state index contributed by atoms with van der Waals surface area (Å²) in [6, 6.07) is 29.2. The van der Waals surface area contributed by atoms with E-state index in [4.69, 9.17) is 9.59 Å². The second kappa shape index (κ2) is 16.4. The Morgan fingerprint density at radius 2 is 1.33 bits per heavy atom. The Labute approximate surface area is 297 Å². The van der Waals surface area contributed by atoms with Crippen LogP contribution < -0.4 is 10.6 Å². The van der Waals surface area contributed by atoms with Crippen molar-refractivity contribution in [2.45, 2.75) is 29.6 Å². The van der Waals surface area contributed by atoms with Crippen molar-refractivity contribution in [3.8, 4) is 0 Å². The molecule has 0 radical (unpaired) electrons. The first kappa shape index (κ1) is 35.2. The third-order valence-electron chi connectivity index (χ3n) is 7.24. The third-order valence-corrected chi connectivity index (χ3v) is 8.81. The molecule has 0 amide bonds. The van der Waals surface area contributed by atoms with Gasteiger partial charge in [-0.2, -0.15) is 23.4 Å². The van der Waals surface area contributed by atoms with Gasteiger partial charge in [-0.05, 0) is 53.4 Å². The van der Waals surface area contributed by atoms with Gasteiger partial charge >= 0.3 is 0 Å². The van der Waals surface area contributed by atoms with Gasteiger partial charge in [0.05, 0.1) is 12.0 Å². The SMILES string of the molecule is Cc1nc(Cc2ccccc2)nc(Nc2ccc(/C=C/c3ccc(Nc4ncnc(Cc5ccccc5)n4)cc3S(=O)(=O)O)c(SOOO)c2)n1. The molecule has 4 aromatic carbocycles. The summed E-state index contributed by atoms with van der Waals surface area (Å²) in [5.41, 5.74) is 3.77. The summed E-state index contributed by atoms with van der Waals surface area (Å²) in [6.45, 7) is 1.78. The van der Waals surface area contributed by atoms with Crippen molar-refractivity contribution in [1.82, 2.24) is 29.9 Å². The first-order valence-corrected chi connectivity index (χ1v) is 17.5. The van der Waals surface area contributed by atoms with Gasteiger partial charge in [0.15, 0.2) is 0 Å². The van der Waals surface area contributed by atoms with Crippen molar-refractivity contribution < 1.29 is 27.6 Å². The first-order chi connectivity index (χ1) is 24.7. The number of aryl methyl sites for hydroxylation is 1. The molecule has 6 rings (SSSR count). The van der Waals surface area contributed by atoms with Crippen molar-refractivity contribution in [3.05, 3.63) is 143 Å². The number of anilines is 4. The number of nitrogens with zero attached hydrogens (tertiary/aromatic N) is 6. The fourth-order valence-corrected chi connectivity index (χ4v) is 6.21. The van der Waals surface area contributed by atoms with Gasteiger partial charge in [0.2, 0.25) is 11.9 Å². The smallest absolute Gasteiger partial charge is 0.295 e. The molecule has 14 nitrogen and oxygen atoms in total. The molecule has 51 heavy (non-hydrogen) atoms. The highest BCUT2D eigenvalue weighted by Crippen LogP contribution is 2.31. The van der Waals surface area contributed by atoms with E-state index in [1.807, 2.05) is 60.7 Å². The molecule has 0 fully saturated rings. The van der Waals surface area contributed by atoms with E-state index in [1.54, 1.807) is 37.3 Å². The molecule has 0 saturated heterocycles. The predicted octanol–water partition coefficient (Wildman–Crippen LogP) is 6.88. The Bertz CT molecular complexity index is 2260. The number of hydrogen-bond donors (Lipinski definition) is 4. The summed E-state index contributed by atoms with van der Waals surface area (Å²) in [6.07, 6.45) is 5.52. The topological polar surface area (TPSA) is 194 Å². The van der Waals surface area contributed by atoms with Crippen molar-refractivity contribution in [2.75, 3.05) is 10.6 Å². The van der Waals surface area contributed by atoms with E-state index < -0.39 is 10.1 Å². The van der Waals surface area contributed by atoms with Crippen molar-refractivity contribution in [2.24, 2.45) is 0 Å². The maximum atomic E-state index is 12.5. The highest BCUT2D eigenvalue weighted by molar-refractivity contribution is 7.94. The number of benzene rings is 4. The van der Waals surface area contributed by atoms with Crippen LogP contribution in [0.4, 0.5) is 23.3 Å². The molecule has 16 heteroatoms. The average molecular weight is 723 g/mol. The minimum Gasteiger partial charge on any atom is -0.324 e. The lowest BCUT2D eigenvalue weighted by Gasteiger charge is -2.11. The largest absolute Gasteiger partial charge is 0.324 e. The van der Waals surface area contributed by atoms with E-state index in [9.17, 15) is 13.0 Å². The molecule has 258 valence electrons. The fraction of sp³-hybridized carbons (Fsp3) is 0.0857. The summed E-state index contributed by atoms with van der Waals surface area (Å²) in [7, 11) is -4.65. The van der Waals surface area contributed by atoms with Crippen LogP contribution in [-0.4, -0.2) is 48.1 Å². The zero-order valence-electron chi connectivity index (χ0n) is 26.9. The Morgan fingerprint density at radius 3 is 2.02 bits per heavy atom. The molecule has 0 bridgehead atoms. The summed E-state index contributed by atoms with van der Waals surface area (Å²) in [5.74, 6) is 2.21. The van der Waals surface area contributed by atoms with Crippen LogP contribution in [0.1, 0.15) is 39.7 Å². The lowest BCUT2D eigenvalue weighted by molar-refractivity contribution is -0.432. The van der Waals surface area contributed by atoms with Crippen molar-refractivity contribution >= 4 is 57.6 Å². The molecule has 6 aromatic rings. The van der Waals surface area contributed by atoms with E-state index in [-0.39, 0.29) is 16.4 Å². The molecular formula is C35H30N8O6S2. The van der Waals surface area contributed by atoms with E-state index in [0.29, 0.717) is 70.1 Å². The molecule has 0 spiro atoms. The number of rotatable bonds is 14. The third kappa shape index (κ3) is 9.98. The van der Waals surface area contributed by atoms with Gasteiger partial charge in [0, 0.05) is 29.1 Å². The minimum absolute atomic E-state index is 0.201. The highest BCUT2D eigenvalue weighted by atomic mass is 32.2. The Kier molecular flexibility index (Phi) is 11.3. The average Bonchev–Trinajstić information content (AvgIpc) is 3.11. The monoisotopic (exact) mass is 722 g/mol. The van der Waals surface area contributed by atoms with Gasteiger partial charge in [-0.3, -0.25) is 4.55 Å². The van der Waals surface area contributed by atoms with E-state index in [0.717, 1.165) is 11.1 Å². The second-order valence-electron chi connectivity index (χ2n) is 11.0. The van der Waals surface area contributed by atoms with Crippen LogP contribution in [0.5, 0.6) is 0 Å².